The average molecular weight is 618 g/mol. The lowest BCUT2D eigenvalue weighted by Crippen LogP contribution is -2.33. The van der Waals surface area contributed by atoms with Crippen molar-refractivity contribution in [3.63, 3.8) is 0 Å². The Kier molecular flexibility index (Phi) is 8.25. The lowest BCUT2D eigenvalue weighted by molar-refractivity contribution is -0.144. The predicted octanol–water partition coefficient (Wildman–Crippen LogP) is 5.40. The van der Waals surface area contributed by atoms with E-state index in [1.807, 2.05) is 0 Å². The summed E-state index contributed by atoms with van der Waals surface area (Å²) >= 11 is 15.4. The van der Waals surface area contributed by atoms with Crippen LogP contribution in [0.3, 0.4) is 0 Å². The number of esters is 1. The molecule has 2 heterocycles. The highest BCUT2D eigenvalue weighted by molar-refractivity contribution is 9.10. The summed E-state index contributed by atoms with van der Waals surface area (Å²) < 4.78 is 41.0. The molecule has 1 atom stereocenters. The SMILES string of the molecule is CCOC(=O)Cn1ncc2c1CCCC2N(C)S(=O)(=O)c1cnc(Oc2cc(Cl)cc(Cl)c2)c(Br)c1. The molecule has 1 aliphatic carbocycles. The highest BCUT2D eigenvalue weighted by Gasteiger charge is 2.35. The van der Waals surface area contributed by atoms with Crippen LogP contribution < -0.4 is 4.74 Å². The topological polar surface area (TPSA) is 104 Å². The van der Waals surface area contributed by atoms with Gasteiger partial charge in [-0.3, -0.25) is 9.48 Å². The summed E-state index contributed by atoms with van der Waals surface area (Å²) in [5.74, 6) is 0.142. The maximum Gasteiger partial charge on any atom is 0.327 e. The zero-order valence-corrected chi connectivity index (χ0v) is 23.4. The van der Waals surface area contributed by atoms with Crippen molar-refractivity contribution in [2.24, 2.45) is 0 Å². The summed E-state index contributed by atoms with van der Waals surface area (Å²) in [5, 5.41) is 5.12. The molecule has 0 spiro atoms. The highest BCUT2D eigenvalue weighted by Crippen LogP contribution is 2.38. The first-order valence-electron chi connectivity index (χ1n) is 11.1. The van der Waals surface area contributed by atoms with Gasteiger partial charge in [0.15, 0.2) is 0 Å². The second-order valence-corrected chi connectivity index (χ2v) is 11.8. The third-order valence-electron chi connectivity index (χ3n) is 5.76. The summed E-state index contributed by atoms with van der Waals surface area (Å²) in [7, 11) is -2.38. The van der Waals surface area contributed by atoms with E-state index in [0.717, 1.165) is 17.7 Å². The molecule has 0 saturated carbocycles. The number of sulfonamides is 1. The molecule has 9 nitrogen and oxygen atoms in total. The molecule has 4 rings (SSSR count). The van der Waals surface area contributed by atoms with Gasteiger partial charge < -0.3 is 9.47 Å². The van der Waals surface area contributed by atoms with Gasteiger partial charge in [0.2, 0.25) is 15.9 Å². The second-order valence-electron chi connectivity index (χ2n) is 8.10. The van der Waals surface area contributed by atoms with Gasteiger partial charge in [0, 0.05) is 28.4 Å². The van der Waals surface area contributed by atoms with E-state index in [0.29, 0.717) is 33.1 Å². The van der Waals surface area contributed by atoms with Gasteiger partial charge >= 0.3 is 5.97 Å². The molecule has 1 unspecified atom stereocenters. The van der Waals surface area contributed by atoms with Crippen LogP contribution in [-0.2, 0) is 32.5 Å². The van der Waals surface area contributed by atoms with Crippen LogP contribution in [0.4, 0.5) is 0 Å². The first kappa shape index (κ1) is 26.9. The van der Waals surface area contributed by atoms with Gasteiger partial charge in [-0.05, 0) is 66.4 Å². The number of nitrogens with zero attached hydrogens (tertiary/aromatic N) is 4. The minimum absolute atomic E-state index is 0.000564. The number of ether oxygens (including phenoxy) is 2. The number of rotatable bonds is 8. The Labute approximate surface area is 227 Å². The third kappa shape index (κ3) is 5.70. The van der Waals surface area contributed by atoms with Crippen molar-refractivity contribution in [2.45, 2.75) is 43.7 Å². The highest BCUT2D eigenvalue weighted by atomic mass is 79.9. The number of aromatic nitrogens is 3. The largest absolute Gasteiger partial charge is 0.465 e. The zero-order chi connectivity index (χ0) is 26.0. The predicted molar refractivity (Wildman–Crippen MR) is 138 cm³/mol. The Morgan fingerprint density at radius 1 is 1.22 bits per heavy atom. The molecule has 0 fully saturated rings. The monoisotopic (exact) mass is 616 g/mol. The molecule has 0 aliphatic heterocycles. The zero-order valence-electron chi connectivity index (χ0n) is 19.4. The fourth-order valence-electron chi connectivity index (χ4n) is 4.09. The maximum atomic E-state index is 13.5. The van der Waals surface area contributed by atoms with Crippen LogP contribution in [0, 0.1) is 0 Å². The van der Waals surface area contributed by atoms with Gasteiger partial charge in [0.1, 0.15) is 17.2 Å². The van der Waals surface area contributed by atoms with Crippen molar-refractivity contribution in [3.05, 3.63) is 62.4 Å². The van der Waals surface area contributed by atoms with Crippen LogP contribution in [0.2, 0.25) is 10.0 Å². The first-order chi connectivity index (χ1) is 17.1. The molecule has 0 saturated heterocycles. The fourth-order valence-corrected chi connectivity index (χ4v) is 6.52. The molecule has 36 heavy (non-hydrogen) atoms. The number of carbonyl (C=O) groups is 1. The summed E-state index contributed by atoms with van der Waals surface area (Å²) in [6.45, 7) is 2.01. The van der Waals surface area contributed by atoms with Crippen LogP contribution in [-0.4, -0.2) is 47.1 Å². The average Bonchev–Trinajstić information content (AvgIpc) is 3.22. The standard InChI is InChI=1S/C23H23BrCl2N4O5S/c1-3-34-22(31)13-30-21-6-4-5-20(18(21)12-28-30)29(2)36(32,33)17-10-19(24)23(27-11-17)35-16-8-14(25)7-15(26)9-16/h7-12,20H,3-6,13H2,1-2H3. The molecule has 0 N–H and O–H groups in total. The fraction of sp³-hybridized carbons (Fsp3) is 0.348. The summed E-state index contributed by atoms with van der Waals surface area (Å²) in [5.41, 5.74) is 1.62. The molecule has 2 aromatic heterocycles. The van der Waals surface area contributed by atoms with E-state index in [2.05, 4.69) is 26.0 Å². The number of pyridine rings is 1. The normalized spacial score (nSPS) is 15.6. The molecule has 0 radical (unpaired) electrons. The molecule has 1 aliphatic rings. The van der Waals surface area contributed by atoms with Gasteiger partial charge in [-0.25, -0.2) is 13.4 Å². The Morgan fingerprint density at radius 2 is 1.94 bits per heavy atom. The summed E-state index contributed by atoms with van der Waals surface area (Å²) in [6, 6.07) is 5.72. The Balaban J connectivity index is 1.57. The van der Waals surface area contributed by atoms with Crippen molar-refractivity contribution < 1.29 is 22.7 Å². The lowest BCUT2D eigenvalue weighted by atomic mass is 9.93. The van der Waals surface area contributed by atoms with Gasteiger partial charge in [-0.2, -0.15) is 9.40 Å². The van der Waals surface area contributed by atoms with Crippen molar-refractivity contribution in [1.29, 1.82) is 0 Å². The minimum Gasteiger partial charge on any atom is -0.465 e. The number of hydrogen-bond acceptors (Lipinski definition) is 7. The number of hydrogen-bond donors (Lipinski definition) is 0. The van der Waals surface area contributed by atoms with Gasteiger partial charge in [-0.1, -0.05) is 23.2 Å². The van der Waals surface area contributed by atoms with Crippen molar-refractivity contribution >= 4 is 55.1 Å². The second kappa shape index (κ2) is 11.1. The smallest absolute Gasteiger partial charge is 0.327 e. The number of halogens is 3. The number of fused-ring (bicyclic) bond motifs is 1. The van der Waals surface area contributed by atoms with Gasteiger partial charge in [0.05, 0.1) is 29.5 Å². The van der Waals surface area contributed by atoms with Crippen LogP contribution >= 0.6 is 39.1 Å². The van der Waals surface area contributed by atoms with E-state index in [4.69, 9.17) is 32.7 Å². The molecule has 13 heteroatoms. The van der Waals surface area contributed by atoms with Crippen molar-refractivity contribution in [1.82, 2.24) is 19.1 Å². The molecule has 1 aromatic carbocycles. The molecule has 192 valence electrons. The summed E-state index contributed by atoms with van der Waals surface area (Å²) in [6.07, 6.45) is 4.95. The molecular weight excluding hydrogens is 595 g/mol. The van der Waals surface area contributed by atoms with Crippen LogP contribution in [0.15, 0.2) is 46.0 Å². The number of benzene rings is 1. The van der Waals surface area contributed by atoms with Gasteiger partial charge in [-0.15, -0.1) is 0 Å². The van der Waals surface area contributed by atoms with E-state index in [1.54, 1.807) is 36.0 Å². The van der Waals surface area contributed by atoms with Crippen LogP contribution in [0.1, 0.15) is 37.1 Å². The Hall–Kier alpha value is -2.18. The third-order valence-corrected chi connectivity index (χ3v) is 8.60. The van der Waals surface area contributed by atoms with Crippen molar-refractivity contribution in [2.75, 3.05) is 13.7 Å². The van der Waals surface area contributed by atoms with E-state index in [-0.39, 0.29) is 29.9 Å². The Bertz CT molecular complexity index is 1380. The molecule has 0 amide bonds. The maximum absolute atomic E-state index is 13.5. The van der Waals surface area contributed by atoms with E-state index in [9.17, 15) is 13.2 Å². The van der Waals surface area contributed by atoms with Crippen LogP contribution in [0.25, 0.3) is 0 Å². The van der Waals surface area contributed by atoms with Crippen molar-refractivity contribution in [3.8, 4) is 11.6 Å². The van der Waals surface area contributed by atoms with E-state index in [1.165, 1.54) is 23.6 Å². The van der Waals surface area contributed by atoms with Gasteiger partial charge in [0.25, 0.3) is 0 Å². The summed E-state index contributed by atoms with van der Waals surface area (Å²) in [4.78, 5) is 16.1. The Morgan fingerprint density at radius 3 is 2.61 bits per heavy atom. The molecular formula is C23H23BrCl2N4O5S. The van der Waals surface area contributed by atoms with Crippen LogP contribution in [0.5, 0.6) is 11.6 Å². The molecule has 3 aromatic rings. The number of carbonyl (C=O) groups excluding carboxylic acids is 1. The lowest BCUT2D eigenvalue weighted by Gasteiger charge is -2.30. The van der Waals surface area contributed by atoms with E-state index < -0.39 is 16.1 Å². The van der Waals surface area contributed by atoms with E-state index >= 15 is 0 Å². The minimum atomic E-state index is -3.91. The molecule has 0 bridgehead atoms. The quantitative estimate of drug-likeness (QED) is 0.312. The first-order valence-corrected chi connectivity index (χ1v) is 14.1.